The lowest BCUT2D eigenvalue weighted by Crippen LogP contribution is -2.56. The van der Waals surface area contributed by atoms with E-state index in [1.165, 1.54) is 4.31 Å². The molecular formula is C22H28ClN3O6S. The molecule has 1 aromatic heterocycles. The number of hydrogen-bond donors (Lipinski definition) is 2. The van der Waals surface area contributed by atoms with E-state index in [9.17, 15) is 18.3 Å². The summed E-state index contributed by atoms with van der Waals surface area (Å²) >= 11 is 6.16. The molecule has 3 rings (SSSR count). The van der Waals surface area contributed by atoms with Crippen LogP contribution in [-0.4, -0.2) is 55.8 Å². The van der Waals surface area contributed by atoms with E-state index in [4.69, 9.17) is 21.1 Å². The van der Waals surface area contributed by atoms with E-state index in [0.29, 0.717) is 31.4 Å². The number of anilines is 1. The molecule has 180 valence electrons. The van der Waals surface area contributed by atoms with Crippen molar-refractivity contribution in [2.75, 3.05) is 23.7 Å². The molecule has 2 N–H and O–H groups in total. The van der Waals surface area contributed by atoms with Gasteiger partial charge in [-0.05, 0) is 36.1 Å². The lowest BCUT2D eigenvalue weighted by molar-refractivity contribution is -0.150. The summed E-state index contributed by atoms with van der Waals surface area (Å²) < 4.78 is 37.4. The van der Waals surface area contributed by atoms with Crippen LogP contribution >= 0.6 is 11.6 Å². The summed E-state index contributed by atoms with van der Waals surface area (Å²) in [6.07, 6.45) is 0.550. The monoisotopic (exact) mass is 497 g/mol. The first-order chi connectivity index (χ1) is 15.6. The average molecular weight is 498 g/mol. The third kappa shape index (κ3) is 6.57. The second kappa shape index (κ2) is 10.7. The van der Waals surface area contributed by atoms with Crippen LogP contribution in [0, 0.1) is 0 Å². The second-order valence-corrected chi connectivity index (χ2v) is 10.3. The summed E-state index contributed by atoms with van der Waals surface area (Å²) in [4.78, 5) is 15.7. The van der Waals surface area contributed by atoms with Crippen molar-refractivity contribution in [1.29, 1.82) is 0 Å². The molecule has 1 saturated heterocycles. The Morgan fingerprint density at radius 2 is 2.06 bits per heavy atom. The normalized spacial score (nSPS) is 20.5. The Balaban J connectivity index is 1.82. The summed E-state index contributed by atoms with van der Waals surface area (Å²) in [6, 6.07) is 12.7. The zero-order valence-electron chi connectivity index (χ0n) is 18.5. The SMILES string of the molecule is CCCN(c1cc(COC2OCCC2(Cc2ccccc2)NC(=O)O)cc(Cl)n1)S(C)(=O)=O. The van der Waals surface area contributed by atoms with Gasteiger partial charge < -0.3 is 19.9 Å². The van der Waals surface area contributed by atoms with Crippen molar-refractivity contribution in [2.24, 2.45) is 0 Å². The van der Waals surface area contributed by atoms with Crippen LogP contribution in [0.15, 0.2) is 42.5 Å². The average Bonchev–Trinajstić information content (AvgIpc) is 3.10. The topological polar surface area (TPSA) is 118 Å². The summed E-state index contributed by atoms with van der Waals surface area (Å²) in [5.74, 6) is 0.206. The Morgan fingerprint density at radius 1 is 1.33 bits per heavy atom. The maximum absolute atomic E-state index is 12.2. The molecule has 2 heterocycles. The molecule has 11 heteroatoms. The highest BCUT2D eigenvalue weighted by atomic mass is 35.5. The minimum Gasteiger partial charge on any atom is -0.465 e. The van der Waals surface area contributed by atoms with Crippen molar-refractivity contribution < 1.29 is 27.8 Å². The van der Waals surface area contributed by atoms with E-state index in [1.807, 2.05) is 37.3 Å². The lowest BCUT2D eigenvalue weighted by Gasteiger charge is -2.34. The molecule has 0 saturated carbocycles. The lowest BCUT2D eigenvalue weighted by atomic mass is 9.88. The molecule has 0 aliphatic carbocycles. The zero-order valence-corrected chi connectivity index (χ0v) is 20.1. The van der Waals surface area contributed by atoms with Gasteiger partial charge in [-0.15, -0.1) is 0 Å². The molecule has 1 aliphatic rings. The maximum atomic E-state index is 12.2. The third-order valence-corrected chi connectivity index (χ3v) is 6.68. The van der Waals surface area contributed by atoms with E-state index in [0.717, 1.165) is 11.8 Å². The van der Waals surface area contributed by atoms with Crippen molar-refractivity contribution in [3.63, 3.8) is 0 Å². The molecular weight excluding hydrogens is 470 g/mol. The van der Waals surface area contributed by atoms with Gasteiger partial charge in [0.15, 0.2) is 6.29 Å². The molecule has 2 aromatic rings. The number of hydrogen-bond acceptors (Lipinski definition) is 6. The van der Waals surface area contributed by atoms with Crippen LogP contribution in [0.2, 0.25) is 5.15 Å². The Bertz CT molecular complexity index is 1070. The first-order valence-corrected chi connectivity index (χ1v) is 12.8. The third-order valence-electron chi connectivity index (χ3n) is 5.31. The standard InChI is InChI=1S/C22H28ClN3O6S/c1-3-10-26(33(2,29)30)19-13-17(12-18(23)24-19)15-32-20-22(9-11-31-20,25-21(27)28)14-16-7-5-4-6-8-16/h4-8,12-13,20,25H,3,9-11,14-15H2,1-2H3,(H,27,28). The fourth-order valence-electron chi connectivity index (χ4n) is 3.91. The van der Waals surface area contributed by atoms with E-state index >= 15 is 0 Å². The van der Waals surface area contributed by atoms with Crippen LogP contribution < -0.4 is 9.62 Å². The van der Waals surface area contributed by atoms with Crippen molar-refractivity contribution in [3.05, 3.63) is 58.7 Å². The van der Waals surface area contributed by atoms with Crippen LogP contribution in [0.3, 0.4) is 0 Å². The van der Waals surface area contributed by atoms with Gasteiger partial charge in [0.25, 0.3) is 0 Å². The molecule has 1 fully saturated rings. The van der Waals surface area contributed by atoms with E-state index < -0.39 is 27.9 Å². The fraction of sp³-hybridized carbons (Fsp3) is 0.455. The number of sulfonamides is 1. The van der Waals surface area contributed by atoms with Gasteiger partial charge in [0, 0.05) is 13.0 Å². The predicted octanol–water partition coefficient (Wildman–Crippen LogP) is 3.42. The van der Waals surface area contributed by atoms with Crippen LogP contribution in [0.5, 0.6) is 0 Å². The smallest absolute Gasteiger partial charge is 0.405 e. The van der Waals surface area contributed by atoms with Crippen LogP contribution in [-0.2, 0) is 32.5 Å². The number of nitrogens with one attached hydrogen (secondary N) is 1. The number of amides is 1. The van der Waals surface area contributed by atoms with Gasteiger partial charge in [0.2, 0.25) is 10.0 Å². The van der Waals surface area contributed by atoms with Crippen molar-refractivity contribution >= 4 is 33.5 Å². The zero-order chi connectivity index (χ0) is 24.1. The number of pyridine rings is 1. The van der Waals surface area contributed by atoms with Crippen LogP contribution in [0.1, 0.15) is 30.9 Å². The fourth-order valence-corrected chi connectivity index (χ4v) is 5.09. The quantitative estimate of drug-likeness (QED) is 0.483. The number of nitrogens with zero attached hydrogens (tertiary/aromatic N) is 2. The Labute approximate surface area is 198 Å². The Kier molecular flexibility index (Phi) is 8.17. The van der Waals surface area contributed by atoms with E-state index in [-0.39, 0.29) is 24.1 Å². The van der Waals surface area contributed by atoms with E-state index in [2.05, 4.69) is 10.3 Å². The summed E-state index contributed by atoms with van der Waals surface area (Å²) in [7, 11) is -3.54. The predicted molar refractivity (Wildman–Crippen MR) is 125 cm³/mol. The van der Waals surface area contributed by atoms with Gasteiger partial charge in [-0.1, -0.05) is 48.9 Å². The van der Waals surface area contributed by atoms with Gasteiger partial charge in [-0.25, -0.2) is 18.2 Å². The number of benzene rings is 1. The molecule has 1 aromatic carbocycles. The van der Waals surface area contributed by atoms with Gasteiger partial charge in [-0.3, -0.25) is 4.31 Å². The number of halogens is 1. The Hall–Kier alpha value is -2.40. The molecule has 1 amide bonds. The first-order valence-electron chi connectivity index (χ1n) is 10.6. The first kappa shape index (κ1) is 25.2. The molecule has 0 radical (unpaired) electrons. The number of carboxylic acid groups (broad SMARTS) is 1. The van der Waals surface area contributed by atoms with Crippen molar-refractivity contribution in [1.82, 2.24) is 10.3 Å². The molecule has 33 heavy (non-hydrogen) atoms. The Morgan fingerprint density at radius 3 is 2.70 bits per heavy atom. The van der Waals surface area contributed by atoms with Crippen molar-refractivity contribution in [3.8, 4) is 0 Å². The van der Waals surface area contributed by atoms with Gasteiger partial charge in [-0.2, -0.15) is 0 Å². The molecule has 2 atom stereocenters. The largest absolute Gasteiger partial charge is 0.465 e. The van der Waals surface area contributed by atoms with Gasteiger partial charge in [0.1, 0.15) is 16.5 Å². The number of carbonyl (C=O) groups is 1. The minimum atomic E-state index is -3.54. The number of ether oxygens (including phenoxy) is 2. The highest BCUT2D eigenvalue weighted by Gasteiger charge is 2.46. The van der Waals surface area contributed by atoms with Gasteiger partial charge in [0.05, 0.1) is 19.5 Å². The van der Waals surface area contributed by atoms with E-state index in [1.54, 1.807) is 12.1 Å². The molecule has 0 bridgehead atoms. The molecule has 0 spiro atoms. The number of aromatic nitrogens is 1. The summed E-state index contributed by atoms with van der Waals surface area (Å²) in [6.45, 7) is 2.49. The van der Waals surface area contributed by atoms with Crippen LogP contribution in [0.25, 0.3) is 0 Å². The highest BCUT2D eigenvalue weighted by molar-refractivity contribution is 7.92. The highest BCUT2D eigenvalue weighted by Crippen LogP contribution is 2.32. The number of rotatable bonds is 10. The van der Waals surface area contributed by atoms with Gasteiger partial charge >= 0.3 is 6.09 Å². The summed E-state index contributed by atoms with van der Waals surface area (Å²) in [5.41, 5.74) is 0.575. The van der Waals surface area contributed by atoms with Crippen molar-refractivity contribution in [2.45, 2.75) is 44.6 Å². The second-order valence-electron chi connectivity index (χ2n) is 8.00. The molecule has 2 unspecified atom stereocenters. The van der Waals surface area contributed by atoms with Crippen LogP contribution in [0.4, 0.5) is 10.6 Å². The molecule has 9 nitrogen and oxygen atoms in total. The molecule has 1 aliphatic heterocycles. The maximum Gasteiger partial charge on any atom is 0.405 e. The summed E-state index contributed by atoms with van der Waals surface area (Å²) in [5, 5.41) is 12.2. The minimum absolute atomic E-state index is 0.0292.